The Morgan fingerprint density at radius 3 is 2.78 bits per heavy atom. The molecule has 0 unspecified atom stereocenters. The zero-order chi connectivity index (χ0) is 16.7. The molecule has 1 amide bonds. The van der Waals surface area contributed by atoms with Crippen LogP contribution in [0.5, 0.6) is 5.75 Å². The number of aromatic nitrogens is 2. The Balaban J connectivity index is 2.15. The van der Waals surface area contributed by atoms with Gasteiger partial charge in [0.25, 0.3) is 5.91 Å². The number of carbonyl (C=O) groups excluding carboxylic acids is 1. The molecule has 1 aromatic carbocycles. The van der Waals surface area contributed by atoms with Crippen LogP contribution in [0.2, 0.25) is 0 Å². The van der Waals surface area contributed by atoms with Crippen molar-refractivity contribution in [3.05, 3.63) is 60.4 Å². The summed E-state index contributed by atoms with van der Waals surface area (Å²) >= 11 is 0. The number of amides is 1. The molecular formula is C18H23N3O2. The van der Waals surface area contributed by atoms with Crippen molar-refractivity contribution >= 4 is 5.91 Å². The molecule has 0 saturated carbocycles. The summed E-state index contributed by atoms with van der Waals surface area (Å²) in [6, 6.07) is 9.50. The fourth-order valence-electron chi connectivity index (χ4n) is 2.27. The summed E-state index contributed by atoms with van der Waals surface area (Å²) < 4.78 is 7.42. The summed E-state index contributed by atoms with van der Waals surface area (Å²) in [4.78, 5) is 14.4. The topological polar surface area (TPSA) is 47.4 Å². The summed E-state index contributed by atoms with van der Waals surface area (Å²) in [7, 11) is 0. The van der Waals surface area contributed by atoms with Crippen LogP contribution in [0, 0.1) is 0 Å². The van der Waals surface area contributed by atoms with E-state index in [4.69, 9.17) is 4.74 Å². The molecule has 0 N–H and O–H groups in total. The Kier molecular flexibility index (Phi) is 5.97. The third-order valence-corrected chi connectivity index (χ3v) is 3.54. The molecule has 23 heavy (non-hydrogen) atoms. The first-order valence-electron chi connectivity index (χ1n) is 7.83. The highest BCUT2D eigenvalue weighted by molar-refractivity contribution is 5.92. The number of para-hydroxylation sites is 1. The molecule has 2 rings (SSSR count). The summed E-state index contributed by atoms with van der Waals surface area (Å²) in [6.07, 6.45) is 3.53. The number of hydrogen-bond donors (Lipinski definition) is 0. The van der Waals surface area contributed by atoms with E-state index >= 15 is 0 Å². The number of ether oxygens (including phenoxy) is 1. The van der Waals surface area contributed by atoms with Crippen molar-refractivity contribution in [3.8, 4) is 5.75 Å². The van der Waals surface area contributed by atoms with E-state index in [2.05, 4.69) is 11.7 Å². The molecule has 0 aliphatic carbocycles. The Labute approximate surface area is 137 Å². The minimum absolute atomic E-state index is 0.0711. The van der Waals surface area contributed by atoms with Gasteiger partial charge in [0.15, 0.2) is 0 Å². The predicted octanol–water partition coefficient (Wildman–Crippen LogP) is 3.13. The molecule has 0 bridgehead atoms. The van der Waals surface area contributed by atoms with Crippen LogP contribution in [0.3, 0.4) is 0 Å². The average Bonchev–Trinajstić information content (AvgIpc) is 3.07. The van der Waals surface area contributed by atoms with Gasteiger partial charge in [-0.25, -0.2) is 0 Å². The Bertz CT molecular complexity index is 664. The standard InChI is InChI=1S/C18H23N3O2/c1-4-13-23-17-10-8-7-9-15(17)14-20(5-2)18(22)16-11-12-21(6-3)19-16/h4,7-12H,1,5-6,13-14H2,2-3H3. The fourth-order valence-corrected chi connectivity index (χ4v) is 2.27. The van der Waals surface area contributed by atoms with Crippen LogP contribution >= 0.6 is 0 Å². The number of nitrogens with zero attached hydrogens (tertiary/aromatic N) is 3. The first-order chi connectivity index (χ1) is 11.2. The minimum atomic E-state index is -0.0711. The Morgan fingerprint density at radius 1 is 1.35 bits per heavy atom. The second-order valence-electron chi connectivity index (χ2n) is 5.08. The van der Waals surface area contributed by atoms with Crippen LogP contribution in [-0.2, 0) is 13.1 Å². The minimum Gasteiger partial charge on any atom is -0.489 e. The van der Waals surface area contributed by atoms with E-state index in [0.717, 1.165) is 17.9 Å². The first-order valence-corrected chi connectivity index (χ1v) is 7.83. The van der Waals surface area contributed by atoms with Crippen LogP contribution in [0.1, 0.15) is 29.9 Å². The summed E-state index contributed by atoms with van der Waals surface area (Å²) in [5, 5.41) is 4.29. The van der Waals surface area contributed by atoms with Crippen molar-refractivity contribution in [1.29, 1.82) is 0 Å². The van der Waals surface area contributed by atoms with Crippen LogP contribution in [0.4, 0.5) is 0 Å². The Morgan fingerprint density at radius 2 is 2.13 bits per heavy atom. The van der Waals surface area contributed by atoms with Crippen LogP contribution in [0.15, 0.2) is 49.2 Å². The molecule has 0 atom stereocenters. The predicted molar refractivity (Wildman–Crippen MR) is 90.4 cm³/mol. The van der Waals surface area contributed by atoms with Gasteiger partial charge in [0, 0.05) is 31.4 Å². The Hall–Kier alpha value is -2.56. The van der Waals surface area contributed by atoms with Gasteiger partial charge in [-0.3, -0.25) is 9.48 Å². The second kappa shape index (κ2) is 8.17. The number of hydrogen-bond acceptors (Lipinski definition) is 3. The summed E-state index contributed by atoms with van der Waals surface area (Å²) in [5.41, 5.74) is 1.44. The summed E-state index contributed by atoms with van der Waals surface area (Å²) in [6.45, 7) is 9.90. The maximum Gasteiger partial charge on any atom is 0.274 e. The van der Waals surface area contributed by atoms with Gasteiger partial charge in [-0.15, -0.1) is 0 Å². The molecule has 1 heterocycles. The quantitative estimate of drug-likeness (QED) is 0.703. The number of aryl methyl sites for hydroxylation is 1. The van der Waals surface area contributed by atoms with Gasteiger partial charge in [0.2, 0.25) is 0 Å². The molecule has 0 aliphatic rings. The van der Waals surface area contributed by atoms with Crippen molar-refractivity contribution in [2.75, 3.05) is 13.2 Å². The van der Waals surface area contributed by atoms with Crippen LogP contribution in [0.25, 0.3) is 0 Å². The maximum absolute atomic E-state index is 12.6. The smallest absolute Gasteiger partial charge is 0.274 e. The van der Waals surface area contributed by atoms with Gasteiger partial charge in [0.1, 0.15) is 18.1 Å². The van der Waals surface area contributed by atoms with E-state index in [9.17, 15) is 4.79 Å². The van der Waals surface area contributed by atoms with E-state index in [1.807, 2.05) is 44.3 Å². The van der Waals surface area contributed by atoms with Gasteiger partial charge in [-0.05, 0) is 26.0 Å². The molecule has 2 aromatic rings. The monoisotopic (exact) mass is 313 g/mol. The number of rotatable bonds is 8. The SMILES string of the molecule is C=CCOc1ccccc1CN(CC)C(=O)c1ccn(CC)n1. The molecule has 5 nitrogen and oxygen atoms in total. The van der Waals surface area contributed by atoms with E-state index in [1.165, 1.54) is 0 Å². The highest BCUT2D eigenvalue weighted by atomic mass is 16.5. The third kappa shape index (κ3) is 4.22. The zero-order valence-electron chi connectivity index (χ0n) is 13.7. The molecule has 1 aromatic heterocycles. The van der Waals surface area contributed by atoms with Crippen molar-refractivity contribution in [1.82, 2.24) is 14.7 Å². The lowest BCUT2D eigenvalue weighted by Crippen LogP contribution is -2.31. The fraction of sp³-hybridized carbons (Fsp3) is 0.333. The molecular weight excluding hydrogens is 290 g/mol. The van der Waals surface area contributed by atoms with Crippen molar-refractivity contribution < 1.29 is 9.53 Å². The van der Waals surface area contributed by atoms with Crippen LogP contribution in [-0.4, -0.2) is 33.7 Å². The second-order valence-corrected chi connectivity index (χ2v) is 5.08. The lowest BCUT2D eigenvalue weighted by molar-refractivity contribution is 0.0744. The van der Waals surface area contributed by atoms with E-state index in [-0.39, 0.29) is 5.91 Å². The largest absolute Gasteiger partial charge is 0.489 e. The van der Waals surface area contributed by atoms with Gasteiger partial charge < -0.3 is 9.64 Å². The van der Waals surface area contributed by atoms with E-state index < -0.39 is 0 Å². The molecule has 122 valence electrons. The highest BCUT2D eigenvalue weighted by Gasteiger charge is 2.18. The summed E-state index contributed by atoms with van der Waals surface area (Å²) in [5.74, 6) is 0.705. The number of benzene rings is 1. The van der Waals surface area contributed by atoms with Gasteiger partial charge in [0.05, 0.1) is 0 Å². The van der Waals surface area contributed by atoms with Gasteiger partial charge in [-0.1, -0.05) is 30.9 Å². The lowest BCUT2D eigenvalue weighted by Gasteiger charge is -2.21. The molecule has 0 radical (unpaired) electrons. The zero-order valence-corrected chi connectivity index (χ0v) is 13.7. The highest BCUT2D eigenvalue weighted by Crippen LogP contribution is 2.20. The van der Waals surface area contributed by atoms with Crippen LogP contribution < -0.4 is 4.74 Å². The van der Waals surface area contributed by atoms with E-state index in [1.54, 1.807) is 21.7 Å². The van der Waals surface area contributed by atoms with E-state index in [0.29, 0.717) is 25.4 Å². The van der Waals surface area contributed by atoms with Gasteiger partial charge >= 0.3 is 0 Å². The normalized spacial score (nSPS) is 10.3. The molecule has 5 heteroatoms. The maximum atomic E-state index is 12.6. The lowest BCUT2D eigenvalue weighted by atomic mass is 10.2. The van der Waals surface area contributed by atoms with Crippen molar-refractivity contribution in [2.24, 2.45) is 0 Å². The molecule has 0 saturated heterocycles. The third-order valence-electron chi connectivity index (χ3n) is 3.54. The molecule has 0 spiro atoms. The molecule has 0 aliphatic heterocycles. The average molecular weight is 313 g/mol. The first kappa shape index (κ1) is 16.8. The van der Waals surface area contributed by atoms with Crippen molar-refractivity contribution in [3.63, 3.8) is 0 Å². The number of carbonyl (C=O) groups is 1. The van der Waals surface area contributed by atoms with Gasteiger partial charge in [-0.2, -0.15) is 5.10 Å². The van der Waals surface area contributed by atoms with Crippen molar-refractivity contribution in [2.45, 2.75) is 26.9 Å². The molecule has 0 fully saturated rings.